The Morgan fingerprint density at radius 3 is 1.22 bits per heavy atom. The molecule has 0 saturated carbocycles. The van der Waals surface area contributed by atoms with Gasteiger partial charge in [-0.05, 0) is 23.3 Å². The van der Waals surface area contributed by atoms with E-state index in [4.69, 9.17) is 0 Å². The fourth-order valence-corrected chi connectivity index (χ4v) is 3.18. The molecule has 1 heterocycles. The summed E-state index contributed by atoms with van der Waals surface area (Å²) in [7, 11) is 0. The van der Waals surface area contributed by atoms with Crippen molar-refractivity contribution in [3.8, 4) is 0 Å². The van der Waals surface area contributed by atoms with Crippen molar-refractivity contribution in [2.75, 3.05) is 0 Å². The zero-order valence-corrected chi connectivity index (χ0v) is 15.4. The first kappa shape index (κ1) is 20.2. The summed E-state index contributed by atoms with van der Waals surface area (Å²) in [5, 5.41) is 14.9. The molecule has 1 aliphatic heterocycles. The van der Waals surface area contributed by atoms with Crippen LogP contribution in [0.25, 0.3) is 0 Å². The molecule has 1 aliphatic rings. The van der Waals surface area contributed by atoms with E-state index in [1.165, 1.54) is 103 Å². The molecule has 4 heteroatoms. The van der Waals surface area contributed by atoms with Crippen LogP contribution in [-0.2, 0) is 0 Å². The Labute approximate surface area is 143 Å². The number of unbranched alkanes of at least 4 members (excludes halogenated alkanes) is 15. The fraction of sp³-hybridized carbons (Fsp3) is 1.00. The van der Waals surface area contributed by atoms with Crippen molar-refractivity contribution in [1.29, 1.82) is 0 Å². The van der Waals surface area contributed by atoms with Crippen molar-refractivity contribution in [3.05, 3.63) is 0 Å². The molecule has 0 aromatic heterocycles. The first-order valence-electron chi connectivity index (χ1n) is 10.2. The SMILES string of the molecule is CCCCCCCCCCCCCCCCCCC1N=NN=N1. The van der Waals surface area contributed by atoms with Gasteiger partial charge >= 0.3 is 0 Å². The second-order valence-electron chi connectivity index (χ2n) is 6.98. The molecule has 0 saturated heterocycles. The molecule has 0 unspecified atom stereocenters. The van der Waals surface area contributed by atoms with E-state index in [2.05, 4.69) is 27.6 Å². The molecular weight excluding hydrogens is 284 g/mol. The summed E-state index contributed by atoms with van der Waals surface area (Å²) in [6.45, 7) is 2.29. The lowest BCUT2D eigenvalue weighted by Gasteiger charge is -2.04. The maximum Gasteiger partial charge on any atom is 0.185 e. The predicted molar refractivity (Wildman–Crippen MR) is 97.7 cm³/mol. The summed E-state index contributed by atoms with van der Waals surface area (Å²) in [5.74, 6) is 0. The minimum absolute atomic E-state index is 0.0293. The van der Waals surface area contributed by atoms with Gasteiger partial charge in [-0.3, -0.25) is 0 Å². The van der Waals surface area contributed by atoms with Crippen molar-refractivity contribution >= 4 is 0 Å². The van der Waals surface area contributed by atoms with E-state index in [1.807, 2.05) is 0 Å². The standard InChI is InChI=1S/C19H38N4/c1-2-3-4-5-6-7-8-9-10-11-12-13-14-15-16-17-18-19-20-22-23-21-19/h19H,2-18H2,1H3. The number of hydrogen-bond donors (Lipinski definition) is 0. The van der Waals surface area contributed by atoms with Gasteiger partial charge in [-0.15, -0.1) is 10.2 Å². The van der Waals surface area contributed by atoms with Gasteiger partial charge in [0.2, 0.25) is 0 Å². The lowest BCUT2D eigenvalue weighted by atomic mass is 10.0. The highest BCUT2D eigenvalue weighted by atomic mass is 15.6. The van der Waals surface area contributed by atoms with Crippen LogP contribution in [0.3, 0.4) is 0 Å². The molecule has 0 atom stereocenters. The smallest absolute Gasteiger partial charge is 0.138 e. The van der Waals surface area contributed by atoms with Gasteiger partial charge in [0.05, 0.1) is 0 Å². The van der Waals surface area contributed by atoms with Gasteiger partial charge in [0.1, 0.15) is 0 Å². The number of hydrogen-bond acceptors (Lipinski definition) is 4. The highest BCUT2D eigenvalue weighted by Gasteiger charge is 2.07. The van der Waals surface area contributed by atoms with Crippen molar-refractivity contribution in [2.24, 2.45) is 20.7 Å². The van der Waals surface area contributed by atoms with Gasteiger partial charge in [-0.25, -0.2) is 0 Å². The van der Waals surface area contributed by atoms with Crippen LogP contribution < -0.4 is 0 Å². The van der Waals surface area contributed by atoms with Crippen LogP contribution in [0, 0.1) is 0 Å². The van der Waals surface area contributed by atoms with Crippen LogP contribution in [0.15, 0.2) is 20.7 Å². The van der Waals surface area contributed by atoms with Gasteiger partial charge < -0.3 is 0 Å². The van der Waals surface area contributed by atoms with E-state index in [0.717, 1.165) is 6.42 Å². The zero-order valence-electron chi connectivity index (χ0n) is 15.4. The minimum atomic E-state index is 0.0293. The van der Waals surface area contributed by atoms with Crippen LogP contribution >= 0.6 is 0 Å². The Balaban J connectivity index is 1.65. The predicted octanol–water partition coefficient (Wildman–Crippen LogP) is 7.80. The Hall–Kier alpha value is -0.800. The van der Waals surface area contributed by atoms with Gasteiger partial charge in [0.25, 0.3) is 0 Å². The molecule has 134 valence electrons. The monoisotopic (exact) mass is 322 g/mol. The average molecular weight is 323 g/mol. The third-order valence-electron chi connectivity index (χ3n) is 4.73. The number of nitrogens with zero attached hydrogens (tertiary/aromatic N) is 4. The van der Waals surface area contributed by atoms with Gasteiger partial charge in [-0.1, -0.05) is 103 Å². The highest BCUT2D eigenvalue weighted by Crippen LogP contribution is 2.16. The van der Waals surface area contributed by atoms with E-state index in [1.54, 1.807) is 0 Å². The average Bonchev–Trinajstić information content (AvgIpc) is 3.08. The molecule has 23 heavy (non-hydrogen) atoms. The lowest BCUT2D eigenvalue weighted by molar-refractivity contribution is 0.517. The Morgan fingerprint density at radius 2 is 0.826 bits per heavy atom. The number of rotatable bonds is 17. The lowest BCUT2D eigenvalue weighted by Crippen LogP contribution is -1.95. The summed E-state index contributed by atoms with van der Waals surface area (Å²) >= 11 is 0. The Kier molecular flexibility index (Phi) is 14.1. The molecule has 0 spiro atoms. The molecule has 1 rings (SSSR count). The maximum absolute atomic E-state index is 3.93. The third kappa shape index (κ3) is 13.3. The van der Waals surface area contributed by atoms with Crippen molar-refractivity contribution in [1.82, 2.24) is 0 Å². The second-order valence-corrected chi connectivity index (χ2v) is 6.98. The van der Waals surface area contributed by atoms with E-state index < -0.39 is 0 Å². The molecule has 0 aromatic carbocycles. The van der Waals surface area contributed by atoms with Crippen molar-refractivity contribution < 1.29 is 0 Å². The maximum atomic E-state index is 3.93. The fourth-order valence-electron chi connectivity index (χ4n) is 3.18. The van der Waals surface area contributed by atoms with Gasteiger partial charge in [0, 0.05) is 0 Å². The van der Waals surface area contributed by atoms with E-state index in [9.17, 15) is 0 Å². The summed E-state index contributed by atoms with van der Waals surface area (Å²) < 4.78 is 0. The topological polar surface area (TPSA) is 49.4 Å². The van der Waals surface area contributed by atoms with Gasteiger partial charge in [0.15, 0.2) is 6.17 Å². The summed E-state index contributed by atoms with van der Waals surface area (Å²) in [6.07, 6.45) is 23.6. The quantitative estimate of drug-likeness (QED) is 0.245. The zero-order chi connectivity index (χ0) is 16.4. The van der Waals surface area contributed by atoms with Crippen LogP contribution in [0.5, 0.6) is 0 Å². The molecule has 4 nitrogen and oxygen atoms in total. The Bertz CT molecular complexity index is 290. The van der Waals surface area contributed by atoms with E-state index in [0.29, 0.717) is 0 Å². The largest absolute Gasteiger partial charge is 0.185 e. The summed E-state index contributed by atoms with van der Waals surface area (Å²) in [5.41, 5.74) is 0. The first-order chi connectivity index (χ1) is 11.4. The van der Waals surface area contributed by atoms with Gasteiger partial charge in [-0.2, -0.15) is 0 Å². The molecule has 0 N–H and O–H groups in total. The molecule has 0 aliphatic carbocycles. The molecule has 0 fully saturated rings. The molecule has 0 bridgehead atoms. The first-order valence-corrected chi connectivity index (χ1v) is 10.2. The molecular formula is C19H38N4. The van der Waals surface area contributed by atoms with E-state index >= 15 is 0 Å². The highest BCUT2D eigenvalue weighted by molar-refractivity contribution is 4.61. The van der Waals surface area contributed by atoms with E-state index in [-0.39, 0.29) is 6.17 Å². The molecule has 0 amide bonds. The minimum Gasteiger partial charge on any atom is -0.138 e. The summed E-state index contributed by atoms with van der Waals surface area (Å²) in [6, 6.07) is 0. The van der Waals surface area contributed by atoms with Crippen LogP contribution in [0.1, 0.15) is 116 Å². The third-order valence-corrected chi connectivity index (χ3v) is 4.73. The Morgan fingerprint density at radius 1 is 0.478 bits per heavy atom. The normalized spacial score (nSPS) is 14.1. The van der Waals surface area contributed by atoms with Crippen LogP contribution in [-0.4, -0.2) is 6.17 Å². The van der Waals surface area contributed by atoms with Crippen LogP contribution in [0.4, 0.5) is 0 Å². The van der Waals surface area contributed by atoms with Crippen molar-refractivity contribution in [3.63, 3.8) is 0 Å². The summed E-state index contributed by atoms with van der Waals surface area (Å²) in [4.78, 5) is 0. The molecule has 0 radical (unpaired) electrons. The molecule has 0 aromatic rings. The second kappa shape index (κ2) is 16.1. The van der Waals surface area contributed by atoms with Crippen molar-refractivity contribution in [2.45, 2.75) is 122 Å². The van der Waals surface area contributed by atoms with Crippen LogP contribution in [0.2, 0.25) is 0 Å².